The third kappa shape index (κ3) is 3.65. The van der Waals surface area contributed by atoms with Crippen LogP contribution in [0, 0.1) is 12.7 Å². The second-order valence-electron chi connectivity index (χ2n) is 6.44. The second-order valence-corrected chi connectivity index (χ2v) is 8.70. The van der Waals surface area contributed by atoms with Gasteiger partial charge in [0.25, 0.3) is 0 Å². The van der Waals surface area contributed by atoms with Crippen LogP contribution in [0.5, 0.6) is 0 Å². The topological polar surface area (TPSA) is 85.7 Å². The van der Waals surface area contributed by atoms with Crippen molar-refractivity contribution in [1.82, 2.24) is 19.5 Å². The number of hydrogen-bond acceptors (Lipinski definition) is 6. The lowest BCUT2D eigenvalue weighted by atomic mass is 10.2. The minimum atomic E-state index is -4.76. The molecule has 4 rings (SSSR count). The number of pyridine rings is 1. The molecular formula is C18H13F4N5O2S. The number of aryl methyl sites for hydroxylation is 1. The Bertz CT molecular complexity index is 1380. The number of rotatable bonds is 3. The summed E-state index contributed by atoms with van der Waals surface area (Å²) in [5, 5.41) is 3.36. The summed E-state index contributed by atoms with van der Waals surface area (Å²) in [6, 6.07) is 8.30. The van der Waals surface area contributed by atoms with E-state index in [1.54, 1.807) is 6.92 Å². The van der Waals surface area contributed by atoms with Gasteiger partial charge in [-0.2, -0.15) is 22.5 Å². The largest absolute Gasteiger partial charge is 0.471 e. The molecule has 4 aromatic rings. The van der Waals surface area contributed by atoms with Crippen LogP contribution in [0.3, 0.4) is 0 Å². The van der Waals surface area contributed by atoms with Crippen molar-refractivity contribution >= 4 is 21.2 Å². The molecule has 0 aliphatic rings. The van der Waals surface area contributed by atoms with Crippen molar-refractivity contribution in [1.29, 1.82) is 0 Å². The van der Waals surface area contributed by atoms with Gasteiger partial charge in [-0.15, -0.1) is 0 Å². The van der Waals surface area contributed by atoms with Gasteiger partial charge in [0.2, 0.25) is 5.82 Å². The van der Waals surface area contributed by atoms with E-state index in [0.717, 1.165) is 6.07 Å². The quantitative estimate of drug-likeness (QED) is 0.434. The van der Waals surface area contributed by atoms with E-state index in [0.29, 0.717) is 11.3 Å². The summed E-state index contributed by atoms with van der Waals surface area (Å²) >= 11 is 0. The lowest BCUT2D eigenvalue weighted by Crippen LogP contribution is -2.04. The number of hydrogen-bond donors (Lipinski definition) is 0. The fourth-order valence-corrected chi connectivity index (χ4v) is 4.09. The molecule has 0 fully saturated rings. The Kier molecular flexibility index (Phi) is 4.60. The minimum Gasteiger partial charge on any atom is -0.329 e. The molecule has 0 N–H and O–H groups in total. The maximum atomic E-state index is 13.5. The normalized spacial score (nSPS) is 14.1. The van der Waals surface area contributed by atoms with Crippen molar-refractivity contribution in [3.05, 3.63) is 60.0 Å². The van der Waals surface area contributed by atoms with Crippen LogP contribution in [0.15, 0.2) is 56.4 Å². The minimum absolute atomic E-state index is 0.195. The molecule has 0 aliphatic heterocycles. The average Bonchev–Trinajstić information content (AvgIpc) is 3.27. The Hall–Kier alpha value is -3.28. The van der Waals surface area contributed by atoms with Gasteiger partial charge in [-0.25, -0.2) is 13.6 Å². The van der Waals surface area contributed by atoms with Crippen LogP contribution in [0.2, 0.25) is 0 Å². The highest BCUT2D eigenvalue weighted by Crippen LogP contribution is 2.31. The molecule has 7 nitrogen and oxygen atoms in total. The zero-order valence-corrected chi connectivity index (χ0v) is 16.3. The van der Waals surface area contributed by atoms with E-state index >= 15 is 0 Å². The third-order valence-corrected chi connectivity index (χ3v) is 5.83. The molecule has 0 aliphatic carbocycles. The predicted molar refractivity (Wildman–Crippen MR) is 99.0 cm³/mol. The van der Waals surface area contributed by atoms with Crippen LogP contribution in [0.25, 0.3) is 17.0 Å². The van der Waals surface area contributed by atoms with Gasteiger partial charge >= 0.3 is 12.1 Å². The van der Waals surface area contributed by atoms with Gasteiger partial charge in [0, 0.05) is 18.0 Å². The number of fused-ring (bicyclic) bond motifs is 1. The SMILES string of the molecule is Cc1nc2ccc(-c3noc(C(F)(F)F)n3)cn2c1N=S(C)(=O)c1cccc(F)c1. The highest BCUT2D eigenvalue weighted by atomic mass is 32.2. The molecule has 3 aromatic heterocycles. The van der Waals surface area contributed by atoms with Gasteiger partial charge in [-0.1, -0.05) is 11.2 Å². The Morgan fingerprint density at radius 2 is 1.93 bits per heavy atom. The first-order chi connectivity index (χ1) is 14.0. The molecule has 0 bridgehead atoms. The lowest BCUT2D eigenvalue weighted by Gasteiger charge is -2.06. The summed E-state index contributed by atoms with van der Waals surface area (Å²) in [7, 11) is -3.04. The number of benzene rings is 1. The number of halogens is 4. The van der Waals surface area contributed by atoms with Crippen molar-refractivity contribution in [3.63, 3.8) is 0 Å². The second kappa shape index (κ2) is 6.90. The van der Waals surface area contributed by atoms with E-state index in [1.807, 2.05) is 0 Å². The highest BCUT2D eigenvalue weighted by molar-refractivity contribution is 7.93. The average molecular weight is 439 g/mol. The number of aromatic nitrogens is 4. The van der Waals surface area contributed by atoms with Gasteiger partial charge in [-0.05, 0) is 37.3 Å². The Balaban J connectivity index is 1.85. The molecule has 12 heteroatoms. The van der Waals surface area contributed by atoms with Gasteiger partial charge in [-0.3, -0.25) is 4.40 Å². The van der Waals surface area contributed by atoms with Crippen LogP contribution >= 0.6 is 0 Å². The Morgan fingerprint density at radius 3 is 2.60 bits per heavy atom. The van der Waals surface area contributed by atoms with Crippen LogP contribution in [0.4, 0.5) is 23.4 Å². The van der Waals surface area contributed by atoms with E-state index in [9.17, 15) is 21.8 Å². The van der Waals surface area contributed by atoms with Gasteiger partial charge < -0.3 is 4.52 Å². The third-order valence-electron chi connectivity index (χ3n) is 4.18. The lowest BCUT2D eigenvalue weighted by molar-refractivity contribution is -0.159. The van der Waals surface area contributed by atoms with E-state index in [1.165, 1.54) is 47.2 Å². The van der Waals surface area contributed by atoms with Gasteiger partial charge in [0.05, 0.1) is 20.3 Å². The molecule has 156 valence electrons. The first kappa shape index (κ1) is 20.0. The fraction of sp³-hybridized carbons (Fsp3) is 0.167. The van der Waals surface area contributed by atoms with Gasteiger partial charge in [0.1, 0.15) is 11.5 Å². The summed E-state index contributed by atoms with van der Waals surface area (Å²) in [5.74, 6) is -2.08. The molecular weight excluding hydrogens is 426 g/mol. The zero-order valence-electron chi connectivity index (χ0n) is 15.5. The summed E-state index contributed by atoms with van der Waals surface area (Å²) in [6.07, 6.45) is -1.99. The van der Waals surface area contributed by atoms with Crippen molar-refractivity contribution in [2.75, 3.05) is 6.26 Å². The molecule has 1 aromatic carbocycles. The molecule has 1 unspecified atom stereocenters. The maximum absolute atomic E-state index is 13.5. The predicted octanol–water partition coefficient (Wildman–Crippen LogP) is 4.64. The van der Waals surface area contributed by atoms with Crippen molar-refractivity contribution in [2.24, 2.45) is 4.36 Å². The first-order valence-electron chi connectivity index (χ1n) is 8.42. The molecule has 0 saturated heterocycles. The molecule has 0 spiro atoms. The van der Waals surface area contributed by atoms with E-state index in [4.69, 9.17) is 0 Å². The summed E-state index contributed by atoms with van der Waals surface area (Å²) in [6.45, 7) is 1.64. The summed E-state index contributed by atoms with van der Waals surface area (Å²) in [5.41, 5.74) is 1.06. The molecule has 0 saturated carbocycles. The smallest absolute Gasteiger partial charge is 0.329 e. The Labute approximate surface area is 167 Å². The zero-order chi connectivity index (χ0) is 21.7. The first-order valence-corrected chi connectivity index (χ1v) is 10.3. The Morgan fingerprint density at radius 1 is 1.17 bits per heavy atom. The molecule has 3 heterocycles. The molecule has 30 heavy (non-hydrogen) atoms. The van der Waals surface area contributed by atoms with Crippen molar-refractivity contribution in [2.45, 2.75) is 18.0 Å². The summed E-state index contributed by atoms with van der Waals surface area (Å²) < 4.78 is 74.9. The van der Waals surface area contributed by atoms with Crippen LogP contribution in [-0.4, -0.2) is 30.0 Å². The summed E-state index contributed by atoms with van der Waals surface area (Å²) in [4.78, 5) is 7.87. The number of nitrogens with zero attached hydrogens (tertiary/aromatic N) is 5. The van der Waals surface area contributed by atoms with E-state index in [2.05, 4.69) is 24.0 Å². The molecule has 0 amide bonds. The molecule has 1 atom stereocenters. The van der Waals surface area contributed by atoms with E-state index in [-0.39, 0.29) is 22.1 Å². The molecule has 0 radical (unpaired) electrons. The fourth-order valence-electron chi connectivity index (χ4n) is 2.77. The number of imidazole rings is 1. The van der Waals surface area contributed by atoms with Crippen LogP contribution < -0.4 is 0 Å². The van der Waals surface area contributed by atoms with Crippen molar-refractivity contribution in [3.8, 4) is 11.4 Å². The monoisotopic (exact) mass is 439 g/mol. The standard InChI is InChI=1S/C18H13F4N5O2S/c1-10-16(26-30(2,28)13-5-3-4-12(19)8-13)27-9-11(6-7-14(27)23-10)15-24-17(29-25-15)18(20,21)22/h3-9H,1-2H3. The highest BCUT2D eigenvalue weighted by Gasteiger charge is 2.38. The van der Waals surface area contributed by atoms with E-state index < -0.39 is 27.6 Å². The van der Waals surface area contributed by atoms with Crippen LogP contribution in [0.1, 0.15) is 11.6 Å². The van der Waals surface area contributed by atoms with Crippen molar-refractivity contribution < 1.29 is 26.3 Å². The van der Waals surface area contributed by atoms with Crippen LogP contribution in [-0.2, 0) is 15.9 Å². The van der Waals surface area contributed by atoms with Gasteiger partial charge in [0.15, 0.2) is 5.82 Å². The number of alkyl halides is 3. The maximum Gasteiger partial charge on any atom is 0.471 e.